The van der Waals surface area contributed by atoms with E-state index < -0.39 is 11.8 Å². The molecule has 0 spiro atoms. The summed E-state index contributed by atoms with van der Waals surface area (Å²) in [5.74, 6) is -1.07. The van der Waals surface area contributed by atoms with E-state index in [4.69, 9.17) is 16.3 Å². The van der Waals surface area contributed by atoms with Gasteiger partial charge in [-0.3, -0.25) is 9.59 Å². The number of halogens is 3. The number of nitrogens with zero attached hydrogens (tertiary/aromatic N) is 2. The molecule has 4 aromatic rings. The lowest BCUT2D eigenvalue weighted by Crippen LogP contribution is -2.41. The molecule has 4 aliphatic rings. The summed E-state index contributed by atoms with van der Waals surface area (Å²) >= 11 is 13.1. The van der Waals surface area contributed by atoms with Crippen LogP contribution in [0.1, 0.15) is 45.2 Å². The molecule has 3 aliphatic carbocycles. The van der Waals surface area contributed by atoms with Crippen LogP contribution in [0.15, 0.2) is 99.0 Å². The van der Waals surface area contributed by atoms with Crippen molar-refractivity contribution in [2.75, 3.05) is 0 Å². The predicted octanol–water partition coefficient (Wildman–Crippen LogP) is 7.67. The SMILES string of the molecule is O=C1[C@H]2C3c4ccccc4C(c4ccccc43)[C@@H]2C(=O)N1/N=C\c1cc(Br)c(OCc2ccc(Cl)cc2)c(Br)c1. The van der Waals surface area contributed by atoms with Gasteiger partial charge in [-0.2, -0.15) is 10.1 Å². The highest BCUT2D eigenvalue weighted by Crippen LogP contribution is 2.61. The van der Waals surface area contributed by atoms with Crippen LogP contribution in [0.4, 0.5) is 0 Å². The van der Waals surface area contributed by atoms with E-state index in [1.807, 2.05) is 60.7 Å². The second kappa shape index (κ2) is 9.98. The smallest absolute Gasteiger partial charge is 0.254 e. The monoisotopic (exact) mass is 674 g/mol. The summed E-state index contributed by atoms with van der Waals surface area (Å²) in [6, 6.07) is 27.6. The van der Waals surface area contributed by atoms with Crippen molar-refractivity contribution in [3.05, 3.63) is 132 Å². The highest BCUT2D eigenvalue weighted by atomic mass is 79.9. The van der Waals surface area contributed by atoms with Crippen molar-refractivity contribution in [2.24, 2.45) is 16.9 Å². The van der Waals surface area contributed by atoms with Gasteiger partial charge in [-0.1, -0.05) is 72.3 Å². The molecule has 0 N–H and O–H groups in total. The van der Waals surface area contributed by atoms with Gasteiger partial charge in [0.15, 0.2) is 0 Å². The molecule has 198 valence electrons. The van der Waals surface area contributed by atoms with Crippen molar-refractivity contribution in [1.29, 1.82) is 0 Å². The maximum Gasteiger partial charge on any atom is 0.254 e. The Morgan fingerprint density at radius 3 is 1.73 bits per heavy atom. The summed E-state index contributed by atoms with van der Waals surface area (Å²) in [7, 11) is 0. The molecule has 40 heavy (non-hydrogen) atoms. The van der Waals surface area contributed by atoms with Crippen LogP contribution in [0.3, 0.4) is 0 Å². The second-order valence-electron chi connectivity index (χ2n) is 10.2. The van der Waals surface area contributed by atoms with Gasteiger partial charge in [0.1, 0.15) is 12.4 Å². The molecule has 1 saturated heterocycles. The minimum Gasteiger partial charge on any atom is -0.487 e. The minimum atomic E-state index is -0.457. The van der Waals surface area contributed by atoms with Gasteiger partial charge in [0.2, 0.25) is 0 Å². The number of carbonyl (C=O) groups excluding carboxylic acids is 2. The number of imide groups is 1. The average molecular weight is 677 g/mol. The van der Waals surface area contributed by atoms with Crippen LogP contribution < -0.4 is 4.74 Å². The normalized spacial score (nSPS) is 22.4. The van der Waals surface area contributed by atoms with Gasteiger partial charge < -0.3 is 4.74 Å². The Morgan fingerprint density at radius 1 is 0.775 bits per heavy atom. The fraction of sp³-hybridized carbons (Fsp3) is 0.156. The standard InChI is InChI=1S/C32H21Br2ClN2O3/c33-24-13-18(14-25(34)30(24)40-16-17-9-11-19(35)12-10-17)15-36-37-31(38)28-26-20-5-1-2-6-21(20)27(29(28)32(37)39)23-8-4-3-7-22(23)26/h1-15,26-29H,16H2/b36-15-/t26?,27?,28-,29-/m0/s1. The van der Waals surface area contributed by atoms with Gasteiger partial charge >= 0.3 is 0 Å². The summed E-state index contributed by atoms with van der Waals surface area (Å²) in [6.07, 6.45) is 1.55. The van der Waals surface area contributed by atoms with Crippen molar-refractivity contribution < 1.29 is 14.3 Å². The van der Waals surface area contributed by atoms with Crippen molar-refractivity contribution in [3.8, 4) is 5.75 Å². The molecular formula is C32H21Br2ClN2O3. The zero-order valence-electron chi connectivity index (χ0n) is 20.9. The molecule has 8 rings (SSSR count). The van der Waals surface area contributed by atoms with Crippen LogP contribution >= 0.6 is 43.5 Å². The van der Waals surface area contributed by atoms with E-state index >= 15 is 0 Å². The largest absolute Gasteiger partial charge is 0.487 e. The zero-order chi connectivity index (χ0) is 27.5. The van der Waals surface area contributed by atoms with E-state index in [-0.39, 0.29) is 23.7 Å². The maximum absolute atomic E-state index is 13.8. The van der Waals surface area contributed by atoms with Gasteiger partial charge in [-0.25, -0.2) is 0 Å². The second-order valence-corrected chi connectivity index (χ2v) is 12.4. The summed E-state index contributed by atoms with van der Waals surface area (Å²) < 4.78 is 7.45. The number of ether oxygens (including phenoxy) is 1. The van der Waals surface area contributed by atoms with Gasteiger partial charge in [-0.05, 0) is 89.5 Å². The third kappa shape index (κ3) is 4.06. The topological polar surface area (TPSA) is 59.0 Å². The third-order valence-electron chi connectivity index (χ3n) is 8.06. The molecule has 0 unspecified atom stereocenters. The summed E-state index contributed by atoms with van der Waals surface area (Å²) in [4.78, 5) is 27.5. The first-order chi connectivity index (χ1) is 19.4. The van der Waals surface area contributed by atoms with Gasteiger partial charge in [0.05, 0.1) is 27.0 Å². The number of amides is 2. The Balaban J connectivity index is 1.16. The fourth-order valence-electron chi connectivity index (χ4n) is 6.43. The molecule has 0 radical (unpaired) electrons. The summed E-state index contributed by atoms with van der Waals surface area (Å²) in [6.45, 7) is 0.370. The Bertz CT molecular complexity index is 1580. The van der Waals surface area contributed by atoms with Crippen LogP contribution in [0, 0.1) is 11.8 Å². The van der Waals surface area contributed by atoms with E-state index in [1.54, 1.807) is 6.21 Å². The van der Waals surface area contributed by atoms with Crippen LogP contribution in [0.5, 0.6) is 5.75 Å². The van der Waals surface area contributed by atoms with Gasteiger partial charge in [0, 0.05) is 16.9 Å². The molecule has 2 atom stereocenters. The quantitative estimate of drug-likeness (QED) is 0.161. The highest BCUT2D eigenvalue weighted by Gasteiger charge is 2.61. The summed E-state index contributed by atoms with van der Waals surface area (Å²) in [5.41, 5.74) is 6.26. The maximum atomic E-state index is 13.8. The van der Waals surface area contributed by atoms with Gasteiger partial charge in [0.25, 0.3) is 11.8 Å². The summed E-state index contributed by atoms with van der Waals surface area (Å²) in [5, 5.41) is 6.19. The first-order valence-corrected chi connectivity index (χ1v) is 14.8. The van der Waals surface area contributed by atoms with Crippen LogP contribution in [0.25, 0.3) is 0 Å². The molecular weight excluding hydrogens is 656 g/mol. The molecule has 1 fully saturated rings. The first kappa shape index (κ1) is 25.7. The first-order valence-electron chi connectivity index (χ1n) is 12.9. The lowest BCUT2D eigenvalue weighted by atomic mass is 9.55. The van der Waals surface area contributed by atoms with E-state index in [0.29, 0.717) is 31.9 Å². The van der Waals surface area contributed by atoms with Gasteiger partial charge in [-0.15, -0.1) is 0 Å². The molecule has 8 heteroatoms. The van der Waals surface area contributed by atoms with Crippen LogP contribution in [0.2, 0.25) is 5.02 Å². The molecule has 0 aromatic heterocycles. The van der Waals surface area contributed by atoms with E-state index in [2.05, 4.69) is 61.2 Å². The molecule has 0 saturated carbocycles. The van der Waals surface area contributed by atoms with Crippen LogP contribution in [-0.2, 0) is 16.2 Å². The fourth-order valence-corrected chi connectivity index (χ4v) is 8.00. The number of hydrogen-bond donors (Lipinski definition) is 0. The lowest BCUT2D eigenvalue weighted by molar-refractivity contribution is -0.139. The minimum absolute atomic E-state index is 0.153. The van der Waals surface area contributed by atoms with Crippen molar-refractivity contribution >= 4 is 61.5 Å². The molecule has 5 nitrogen and oxygen atoms in total. The number of rotatable bonds is 5. The zero-order valence-corrected chi connectivity index (χ0v) is 24.9. The number of benzene rings is 4. The predicted molar refractivity (Wildman–Crippen MR) is 161 cm³/mol. The lowest BCUT2D eigenvalue weighted by Gasteiger charge is -2.45. The Kier molecular flexibility index (Phi) is 6.41. The molecule has 2 bridgehead atoms. The Hall–Kier alpha value is -3.26. The average Bonchev–Trinajstić information content (AvgIpc) is 3.22. The molecule has 1 heterocycles. The number of carbonyl (C=O) groups is 2. The number of hydrazone groups is 1. The highest BCUT2D eigenvalue weighted by molar-refractivity contribution is 9.11. The van der Waals surface area contributed by atoms with Crippen molar-refractivity contribution in [3.63, 3.8) is 0 Å². The third-order valence-corrected chi connectivity index (χ3v) is 9.49. The van der Waals surface area contributed by atoms with E-state index in [0.717, 1.165) is 32.8 Å². The van der Waals surface area contributed by atoms with Crippen molar-refractivity contribution in [2.45, 2.75) is 18.4 Å². The Labute approximate surface area is 253 Å². The van der Waals surface area contributed by atoms with Crippen LogP contribution in [-0.4, -0.2) is 23.0 Å². The molecule has 1 aliphatic heterocycles. The number of hydrogen-bond acceptors (Lipinski definition) is 4. The molecule has 4 aromatic carbocycles. The Morgan fingerprint density at radius 2 is 1.25 bits per heavy atom. The molecule has 2 amide bonds. The van der Waals surface area contributed by atoms with E-state index in [9.17, 15) is 9.59 Å². The van der Waals surface area contributed by atoms with E-state index in [1.165, 1.54) is 0 Å². The van der Waals surface area contributed by atoms with Crippen molar-refractivity contribution in [1.82, 2.24) is 5.01 Å².